The summed E-state index contributed by atoms with van der Waals surface area (Å²) in [5.74, 6) is 1.51. The van der Waals surface area contributed by atoms with Crippen molar-refractivity contribution in [3.05, 3.63) is 28.2 Å². The molecule has 2 N–H and O–H groups in total. The number of hydrogen-bond donors (Lipinski definition) is 2. The van der Waals surface area contributed by atoms with Gasteiger partial charge in [-0.3, -0.25) is 4.79 Å². The first-order chi connectivity index (χ1) is 11.1. The van der Waals surface area contributed by atoms with Crippen LogP contribution in [0.2, 0.25) is 0 Å². The molecule has 1 unspecified atom stereocenters. The highest BCUT2D eigenvalue weighted by molar-refractivity contribution is 9.10. The van der Waals surface area contributed by atoms with E-state index in [1.54, 1.807) is 7.11 Å². The molecule has 2 fully saturated rings. The van der Waals surface area contributed by atoms with Crippen LogP contribution in [0.1, 0.15) is 44.2 Å². The molecule has 0 bridgehead atoms. The zero-order chi connectivity index (χ0) is 16.4. The van der Waals surface area contributed by atoms with Gasteiger partial charge in [0.05, 0.1) is 23.0 Å². The van der Waals surface area contributed by atoms with Gasteiger partial charge in [-0.05, 0) is 65.9 Å². The van der Waals surface area contributed by atoms with Crippen molar-refractivity contribution < 1.29 is 9.53 Å². The van der Waals surface area contributed by atoms with Crippen molar-refractivity contribution in [1.29, 1.82) is 0 Å². The van der Waals surface area contributed by atoms with E-state index in [0.717, 1.165) is 41.7 Å². The number of carbonyl (C=O) groups is 1. The maximum atomic E-state index is 13.0. The Morgan fingerprint density at radius 1 is 1.46 bits per heavy atom. The van der Waals surface area contributed by atoms with Gasteiger partial charge in [0.2, 0.25) is 5.91 Å². The third-order valence-electron chi connectivity index (χ3n) is 5.51. The first-order valence-corrected chi connectivity index (χ1v) is 9.21. The van der Waals surface area contributed by atoms with E-state index in [1.165, 1.54) is 12.8 Å². The highest BCUT2D eigenvalue weighted by Gasteiger charge is 2.49. The van der Waals surface area contributed by atoms with Gasteiger partial charge in [0.25, 0.3) is 0 Å². The average Bonchev–Trinajstić information content (AvgIpc) is 3.00. The van der Waals surface area contributed by atoms with Crippen LogP contribution in [-0.4, -0.2) is 26.1 Å². The molecule has 1 aliphatic heterocycles. The Bertz CT molecular complexity index is 598. The molecule has 4 nitrogen and oxygen atoms in total. The summed E-state index contributed by atoms with van der Waals surface area (Å²) in [6, 6.07) is 5.95. The molecule has 1 amide bonds. The number of rotatable bonds is 4. The van der Waals surface area contributed by atoms with Crippen LogP contribution >= 0.6 is 28.3 Å². The maximum absolute atomic E-state index is 13.0. The van der Waals surface area contributed by atoms with Gasteiger partial charge in [-0.25, -0.2) is 0 Å². The second-order valence-electron chi connectivity index (χ2n) is 6.82. The second kappa shape index (κ2) is 8.07. The molecule has 6 heteroatoms. The van der Waals surface area contributed by atoms with Crippen LogP contribution in [0.5, 0.6) is 5.75 Å². The Hall–Kier alpha value is -0.780. The van der Waals surface area contributed by atoms with Crippen LogP contribution in [0, 0.1) is 11.3 Å². The highest BCUT2D eigenvalue weighted by atomic mass is 79.9. The van der Waals surface area contributed by atoms with Gasteiger partial charge < -0.3 is 15.4 Å². The molecule has 1 heterocycles. The molecular weight excluding hydrogens is 392 g/mol. The van der Waals surface area contributed by atoms with Gasteiger partial charge in [0.1, 0.15) is 5.75 Å². The summed E-state index contributed by atoms with van der Waals surface area (Å²) in [5.41, 5.74) is 0.886. The standard InChI is InChI=1S/C18H25BrN2O2.ClH/c1-12(13-6-7-16(23-2)15(19)9-13)21-17(22)18-8-4-3-5-14(18)10-20-11-18;/h6-7,9,12,14,20H,3-5,8,10-11H2,1-2H3,(H,21,22);1H/t12?,14-,18+;/m0./s1. The van der Waals surface area contributed by atoms with Crippen LogP contribution in [-0.2, 0) is 4.79 Å². The van der Waals surface area contributed by atoms with Crippen molar-refractivity contribution >= 4 is 34.2 Å². The summed E-state index contributed by atoms with van der Waals surface area (Å²) in [4.78, 5) is 13.0. The molecule has 1 saturated carbocycles. The summed E-state index contributed by atoms with van der Waals surface area (Å²) in [5, 5.41) is 6.69. The third kappa shape index (κ3) is 3.58. The van der Waals surface area contributed by atoms with Crippen LogP contribution in [0.15, 0.2) is 22.7 Å². The number of benzene rings is 1. The van der Waals surface area contributed by atoms with Crippen molar-refractivity contribution in [2.45, 2.75) is 38.6 Å². The Morgan fingerprint density at radius 2 is 2.25 bits per heavy atom. The maximum Gasteiger partial charge on any atom is 0.228 e. The van der Waals surface area contributed by atoms with Crippen LogP contribution in [0.25, 0.3) is 0 Å². The number of methoxy groups -OCH3 is 1. The molecule has 3 rings (SSSR count). The van der Waals surface area contributed by atoms with Gasteiger partial charge in [-0.2, -0.15) is 0 Å². The SMILES string of the molecule is COc1ccc(C(C)NC(=O)[C@@]23CCCC[C@H]2CNC3)cc1Br.Cl. The fourth-order valence-electron chi connectivity index (χ4n) is 4.07. The van der Waals surface area contributed by atoms with E-state index in [4.69, 9.17) is 4.74 Å². The van der Waals surface area contributed by atoms with Crippen molar-refractivity contribution in [2.75, 3.05) is 20.2 Å². The lowest BCUT2D eigenvalue weighted by Crippen LogP contribution is -2.48. The first kappa shape index (κ1) is 19.5. The summed E-state index contributed by atoms with van der Waals surface area (Å²) in [6.07, 6.45) is 4.59. The fourth-order valence-corrected chi connectivity index (χ4v) is 4.62. The number of amides is 1. The minimum absolute atomic E-state index is 0. The molecule has 1 aromatic rings. The Labute approximate surface area is 158 Å². The minimum atomic E-state index is -0.198. The van der Waals surface area contributed by atoms with Crippen LogP contribution in [0.4, 0.5) is 0 Å². The molecular formula is C18H26BrClN2O2. The van der Waals surface area contributed by atoms with Crippen molar-refractivity contribution in [2.24, 2.45) is 11.3 Å². The summed E-state index contributed by atoms with van der Waals surface area (Å²) < 4.78 is 6.18. The highest BCUT2D eigenvalue weighted by Crippen LogP contribution is 2.44. The van der Waals surface area contributed by atoms with Gasteiger partial charge in [-0.1, -0.05) is 18.9 Å². The van der Waals surface area contributed by atoms with Crippen molar-refractivity contribution in [3.8, 4) is 5.75 Å². The van der Waals surface area contributed by atoms with E-state index >= 15 is 0 Å². The topological polar surface area (TPSA) is 50.4 Å². The van der Waals surface area contributed by atoms with Gasteiger partial charge in [0, 0.05) is 6.54 Å². The summed E-state index contributed by atoms with van der Waals surface area (Å²) in [7, 11) is 1.65. The predicted octanol–water partition coefficient (Wildman–Crippen LogP) is 3.84. The van der Waals surface area contributed by atoms with E-state index in [9.17, 15) is 4.79 Å². The van der Waals surface area contributed by atoms with Gasteiger partial charge in [0.15, 0.2) is 0 Å². The second-order valence-corrected chi connectivity index (χ2v) is 7.67. The lowest BCUT2D eigenvalue weighted by atomic mass is 9.67. The molecule has 1 saturated heterocycles. The van der Waals surface area contributed by atoms with E-state index in [-0.39, 0.29) is 29.8 Å². The number of halogens is 2. The van der Waals surface area contributed by atoms with E-state index < -0.39 is 0 Å². The lowest BCUT2D eigenvalue weighted by Gasteiger charge is -2.38. The third-order valence-corrected chi connectivity index (χ3v) is 6.13. The predicted molar refractivity (Wildman–Crippen MR) is 102 cm³/mol. The normalized spacial score (nSPS) is 26.9. The molecule has 0 aromatic heterocycles. The molecule has 0 radical (unpaired) electrons. The van der Waals surface area contributed by atoms with Crippen molar-refractivity contribution in [1.82, 2.24) is 10.6 Å². The number of ether oxygens (including phenoxy) is 1. The van der Waals surface area contributed by atoms with Gasteiger partial charge >= 0.3 is 0 Å². The molecule has 134 valence electrons. The summed E-state index contributed by atoms with van der Waals surface area (Å²) >= 11 is 3.51. The van der Waals surface area contributed by atoms with Crippen molar-refractivity contribution in [3.63, 3.8) is 0 Å². The molecule has 3 atom stereocenters. The number of fused-ring (bicyclic) bond motifs is 1. The van der Waals surface area contributed by atoms with E-state index in [0.29, 0.717) is 5.92 Å². The zero-order valence-corrected chi connectivity index (χ0v) is 16.6. The quantitative estimate of drug-likeness (QED) is 0.782. The smallest absolute Gasteiger partial charge is 0.228 e. The first-order valence-electron chi connectivity index (χ1n) is 8.42. The molecule has 0 spiro atoms. The Morgan fingerprint density at radius 3 is 2.96 bits per heavy atom. The molecule has 24 heavy (non-hydrogen) atoms. The Kier molecular flexibility index (Phi) is 6.57. The monoisotopic (exact) mass is 416 g/mol. The van der Waals surface area contributed by atoms with Crippen LogP contribution < -0.4 is 15.4 Å². The van der Waals surface area contributed by atoms with E-state index in [2.05, 4.69) is 26.6 Å². The van der Waals surface area contributed by atoms with Gasteiger partial charge in [-0.15, -0.1) is 12.4 Å². The number of nitrogens with one attached hydrogen (secondary N) is 2. The van der Waals surface area contributed by atoms with Crippen LogP contribution in [0.3, 0.4) is 0 Å². The minimum Gasteiger partial charge on any atom is -0.496 e. The zero-order valence-electron chi connectivity index (χ0n) is 14.2. The molecule has 1 aromatic carbocycles. The lowest BCUT2D eigenvalue weighted by molar-refractivity contribution is -0.134. The molecule has 1 aliphatic carbocycles. The molecule has 2 aliphatic rings. The van der Waals surface area contributed by atoms with E-state index in [1.807, 2.05) is 25.1 Å². The Balaban J connectivity index is 0.00000208. The number of carbonyl (C=O) groups excluding carboxylic acids is 1. The largest absolute Gasteiger partial charge is 0.496 e. The fraction of sp³-hybridized carbons (Fsp3) is 0.611. The number of hydrogen-bond acceptors (Lipinski definition) is 3. The summed E-state index contributed by atoms with van der Waals surface area (Å²) in [6.45, 7) is 3.85. The average molecular weight is 418 g/mol.